The van der Waals surface area contributed by atoms with Crippen LogP contribution in [0.5, 0.6) is 0 Å². The highest BCUT2D eigenvalue weighted by Crippen LogP contribution is 2.21. The molecule has 1 heterocycles. The lowest BCUT2D eigenvalue weighted by atomic mass is 10.2. The van der Waals surface area contributed by atoms with Crippen LogP contribution in [0.2, 0.25) is 5.02 Å². The Morgan fingerprint density at radius 1 is 1.24 bits per heavy atom. The average Bonchev–Trinajstić information content (AvgIpc) is 2.90. The van der Waals surface area contributed by atoms with Gasteiger partial charge in [-0.1, -0.05) is 11.6 Å². The molecular weight excluding hydrogens is 296 g/mol. The predicted molar refractivity (Wildman–Crippen MR) is 77.2 cm³/mol. The number of Topliss-reactive ketones (excluding diaryl/α,β-unsaturated/α-hetero) is 1. The number of H-pyrrole nitrogens is 1. The molecule has 0 unspecified atom stereocenters. The van der Waals surface area contributed by atoms with Crippen molar-refractivity contribution in [3.05, 3.63) is 52.3 Å². The lowest BCUT2D eigenvalue weighted by molar-refractivity contribution is 0.0696. The Kier molecular flexibility index (Phi) is 4.09. The van der Waals surface area contributed by atoms with Crippen LogP contribution in [0.3, 0.4) is 0 Å². The number of carbonyl (C=O) groups excluding carboxylic acids is 2. The molecule has 0 saturated carbocycles. The number of carbonyl (C=O) groups is 3. The van der Waals surface area contributed by atoms with Crippen molar-refractivity contribution in [2.45, 2.75) is 6.92 Å². The third kappa shape index (κ3) is 3.29. The van der Waals surface area contributed by atoms with Crippen LogP contribution in [0.25, 0.3) is 0 Å². The van der Waals surface area contributed by atoms with Gasteiger partial charge in [0.2, 0.25) is 0 Å². The van der Waals surface area contributed by atoms with Crippen molar-refractivity contribution < 1.29 is 19.5 Å². The van der Waals surface area contributed by atoms with E-state index in [1.165, 1.54) is 37.4 Å². The standard InChI is InChI=1S/C14H11ClN2O4/c1-7(18)8-4-12(16-6-8)13(19)17-9-2-3-11(15)10(5-9)14(20)21/h2-6,16H,1H3,(H,17,19)(H,20,21). The van der Waals surface area contributed by atoms with Crippen molar-refractivity contribution in [2.24, 2.45) is 0 Å². The van der Waals surface area contributed by atoms with Crippen LogP contribution in [-0.2, 0) is 0 Å². The summed E-state index contributed by atoms with van der Waals surface area (Å²) in [5, 5.41) is 11.6. The molecule has 108 valence electrons. The van der Waals surface area contributed by atoms with E-state index in [0.717, 1.165) is 0 Å². The Hall–Kier alpha value is -2.60. The van der Waals surface area contributed by atoms with Crippen LogP contribution in [-0.4, -0.2) is 27.8 Å². The van der Waals surface area contributed by atoms with Crippen molar-refractivity contribution in [3.63, 3.8) is 0 Å². The molecule has 1 amide bonds. The molecular formula is C14H11ClN2O4. The van der Waals surface area contributed by atoms with Crippen LogP contribution >= 0.6 is 11.6 Å². The molecule has 0 aliphatic carbocycles. The summed E-state index contributed by atoms with van der Waals surface area (Å²) < 4.78 is 0. The van der Waals surface area contributed by atoms with Gasteiger partial charge in [0, 0.05) is 17.4 Å². The maximum Gasteiger partial charge on any atom is 0.337 e. The molecule has 2 rings (SSSR count). The average molecular weight is 307 g/mol. The topological polar surface area (TPSA) is 99.3 Å². The second-order valence-electron chi connectivity index (χ2n) is 4.31. The number of aromatic carboxylic acids is 1. The minimum Gasteiger partial charge on any atom is -0.478 e. The summed E-state index contributed by atoms with van der Waals surface area (Å²) in [4.78, 5) is 36.8. The Morgan fingerprint density at radius 3 is 2.52 bits per heavy atom. The Labute approximate surface area is 124 Å². The van der Waals surface area contributed by atoms with Crippen molar-refractivity contribution >= 4 is 34.9 Å². The van der Waals surface area contributed by atoms with E-state index in [-0.39, 0.29) is 22.1 Å². The zero-order valence-corrected chi connectivity index (χ0v) is 11.7. The van der Waals surface area contributed by atoms with E-state index in [2.05, 4.69) is 10.3 Å². The summed E-state index contributed by atoms with van der Waals surface area (Å²) in [6.07, 6.45) is 1.43. The first kappa shape index (κ1) is 14.8. The smallest absolute Gasteiger partial charge is 0.337 e. The van der Waals surface area contributed by atoms with Gasteiger partial charge < -0.3 is 15.4 Å². The Balaban J connectivity index is 2.21. The van der Waals surface area contributed by atoms with E-state index < -0.39 is 11.9 Å². The third-order valence-electron chi connectivity index (χ3n) is 2.79. The van der Waals surface area contributed by atoms with E-state index in [1.54, 1.807) is 0 Å². The molecule has 0 saturated heterocycles. The van der Waals surface area contributed by atoms with Crippen molar-refractivity contribution in [1.29, 1.82) is 0 Å². The normalized spacial score (nSPS) is 10.2. The highest BCUT2D eigenvalue weighted by molar-refractivity contribution is 6.33. The first-order valence-electron chi connectivity index (χ1n) is 5.92. The van der Waals surface area contributed by atoms with Crippen molar-refractivity contribution in [1.82, 2.24) is 4.98 Å². The fourth-order valence-electron chi connectivity index (χ4n) is 1.69. The van der Waals surface area contributed by atoms with Gasteiger partial charge in [0.25, 0.3) is 5.91 Å². The number of aromatic amines is 1. The Morgan fingerprint density at radius 2 is 1.95 bits per heavy atom. The number of ketones is 1. The molecule has 7 heteroatoms. The van der Waals surface area contributed by atoms with Gasteiger partial charge >= 0.3 is 5.97 Å². The molecule has 0 radical (unpaired) electrons. The van der Waals surface area contributed by atoms with Crippen LogP contribution in [0, 0.1) is 0 Å². The van der Waals surface area contributed by atoms with Crippen LogP contribution in [0.1, 0.15) is 38.1 Å². The van der Waals surface area contributed by atoms with Gasteiger partial charge in [-0.15, -0.1) is 0 Å². The number of carboxylic acids is 1. The van der Waals surface area contributed by atoms with E-state index in [0.29, 0.717) is 11.3 Å². The first-order chi connectivity index (χ1) is 9.88. The van der Waals surface area contributed by atoms with E-state index in [9.17, 15) is 14.4 Å². The van der Waals surface area contributed by atoms with Crippen LogP contribution < -0.4 is 5.32 Å². The zero-order valence-electron chi connectivity index (χ0n) is 10.9. The van der Waals surface area contributed by atoms with E-state index in [4.69, 9.17) is 16.7 Å². The van der Waals surface area contributed by atoms with Crippen molar-refractivity contribution in [3.8, 4) is 0 Å². The number of anilines is 1. The molecule has 0 aliphatic rings. The van der Waals surface area contributed by atoms with Gasteiger partial charge in [-0.3, -0.25) is 9.59 Å². The molecule has 6 nitrogen and oxygen atoms in total. The molecule has 0 spiro atoms. The monoisotopic (exact) mass is 306 g/mol. The summed E-state index contributed by atoms with van der Waals surface area (Å²) in [6, 6.07) is 5.56. The number of benzene rings is 1. The van der Waals surface area contributed by atoms with Gasteiger partial charge in [0.15, 0.2) is 5.78 Å². The van der Waals surface area contributed by atoms with Gasteiger partial charge in [-0.25, -0.2) is 4.79 Å². The second-order valence-corrected chi connectivity index (χ2v) is 4.72. The lowest BCUT2D eigenvalue weighted by Gasteiger charge is -2.06. The molecule has 1 aromatic heterocycles. The molecule has 2 aromatic rings. The molecule has 0 bridgehead atoms. The van der Waals surface area contributed by atoms with Crippen molar-refractivity contribution in [2.75, 3.05) is 5.32 Å². The largest absolute Gasteiger partial charge is 0.478 e. The first-order valence-corrected chi connectivity index (χ1v) is 6.30. The fourth-order valence-corrected chi connectivity index (χ4v) is 1.89. The van der Waals surface area contributed by atoms with Crippen LogP contribution in [0.15, 0.2) is 30.5 Å². The number of nitrogens with one attached hydrogen (secondary N) is 2. The molecule has 3 N–H and O–H groups in total. The number of carboxylic acid groups (broad SMARTS) is 1. The lowest BCUT2D eigenvalue weighted by Crippen LogP contribution is -2.13. The fraction of sp³-hybridized carbons (Fsp3) is 0.0714. The molecule has 0 atom stereocenters. The summed E-state index contributed by atoms with van der Waals surface area (Å²) in [5.41, 5.74) is 0.778. The van der Waals surface area contributed by atoms with Gasteiger partial charge in [-0.2, -0.15) is 0 Å². The number of aromatic nitrogens is 1. The summed E-state index contributed by atoms with van der Waals surface area (Å²) in [6.45, 7) is 1.39. The SMILES string of the molecule is CC(=O)c1c[nH]c(C(=O)Nc2ccc(Cl)c(C(=O)O)c2)c1. The van der Waals surface area contributed by atoms with Gasteiger partial charge in [-0.05, 0) is 31.2 Å². The zero-order chi connectivity index (χ0) is 15.6. The van der Waals surface area contributed by atoms with E-state index in [1.807, 2.05) is 0 Å². The third-order valence-corrected chi connectivity index (χ3v) is 3.12. The minimum atomic E-state index is -1.19. The Bertz CT molecular complexity index is 736. The number of amides is 1. The predicted octanol–water partition coefficient (Wildman–Crippen LogP) is 2.82. The summed E-state index contributed by atoms with van der Waals surface area (Å²) in [5.74, 6) is -1.83. The minimum absolute atomic E-state index is 0.0826. The summed E-state index contributed by atoms with van der Waals surface area (Å²) >= 11 is 5.75. The van der Waals surface area contributed by atoms with Gasteiger partial charge in [0.1, 0.15) is 5.69 Å². The number of hydrogen-bond acceptors (Lipinski definition) is 3. The van der Waals surface area contributed by atoms with Crippen LogP contribution in [0.4, 0.5) is 5.69 Å². The number of halogens is 1. The molecule has 21 heavy (non-hydrogen) atoms. The quantitative estimate of drug-likeness (QED) is 0.756. The highest BCUT2D eigenvalue weighted by Gasteiger charge is 2.13. The highest BCUT2D eigenvalue weighted by atomic mass is 35.5. The summed E-state index contributed by atoms with van der Waals surface area (Å²) in [7, 11) is 0. The molecule has 1 aromatic carbocycles. The maximum atomic E-state index is 12.0. The number of rotatable bonds is 4. The van der Waals surface area contributed by atoms with E-state index >= 15 is 0 Å². The number of hydrogen-bond donors (Lipinski definition) is 3. The molecule has 0 fully saturated rings. The van der Waals surface area contributed by atoms with Gasteiger partial charge in [0.05, 0.1) is 10.6 Å². The second kappa shape index (κ2) is 5.80. The molecule has 0 aliphatic heterocycles. The maximum absolute atomic E-state index is 12.0.